The van der Waals surface area contributed by atoms with Crippen LogP contribution in [0.1, 0.15) is 16.8 Å². The molecule has 0 aliphatic rings. The van der Waals surface area contributed by atoms with Crippen LogP contribution in [0.2, 0.25) is 0 Å². The van der Waals surface area contributed by atoms with Crippen molar-refractivity contribution in [2.24, 2.45) is 0 Å². The average molecular weight is 229 g/mol. The smallest absolute Gasteiger partial charge is 0.0992 e. The van der Waals surface area contributed by atoms with E-state index in [0.29, 0.717) is 12.1 Å². The number of benzene rings is 1. The van der Waals surface area contributed by atoms with E-state index in [4.69, 9.17) is 5.26 Å². The van der Waals surface area contributed by atoms with Crippen molar-refractivity contribution in [3.8, 4) is 6.07 Å². The van der Waals surface area contributed by atoms with E-state index < -0.39 is 0 Å². The number of nitrogens with zero attached hydrogens (tertiary/aromatic N) is 2. The fourth-order valence-corrected chi connectivity index (χ4v) is 1.95. The first kappa shape index (κ1) is 10.7. The number of nitriles is 1. The number of aromatic nitrogens is 1. The average Bonchev–Trinajstić information content (AvgIpc) is 2.81. The van der Waals surface area contributed by atoms with Gasteiger partial charge in [0.2, 0.25) is 0 Å². The molecule has 4 heteroatoms. The highest BCUT2D eigenvalue weighted by Gasteiger charge is 2.00. The molecule has 2 aromatic rings. The Morgan fingerprint density at radius 1 is 1.50 bits per heavy atom. The molecule has 16 heavy (non-hydrogen) atoms. The summed E-state index contributed by atoms with van der Waals surface area (Å²) in [5.74, 6) is 0. The van der Waals surface area contributed by atoms with E-state index in [1.54, 1.807) is 11.3 Å². The topological polar surface area (TPSA) is 48.7 Å². The van der Waals surface area contributed by atoms with Crippen molar-refractivity contribution in [3.63, 3.8) is 0 Å². The first-order chi connectivity index (χ1) is 7.79. The van der Waals surface area contributed by atoms with Gasteiger partial charge in [-0.15, -0.1) is 11.3 Å². The van der Waals surface area contributed by atoms with Gasteiger partial charge >= 0.3 is 0 Å². The van der Waals surface area contributed by atoms with Crippen LogP contribution in [-0.2, 0) is 6.54 Å². The Morgan fingerprint density at radius 3 is 3.06 bits per heavy atom. The molecular weight excluding hydrogens is 218 g/mol. The molecule has 2 rings (SSSR count). The highest BCUT2D eigenvalue weighted by atomic mass is 32.1. The minimum atomic E-state index is 0.673. The minimum absolute atomic E-state index is 0.673. The Bertz CT molecular complexity index is 512. The maximum Gasteiger partial charge on any atom is 0.0992 e. The van der Waals surface area contributed by atoms with Gasteiger partial charge in [0.15, 0.2) is 0 Å². The van der Waals surface area contributed by atoms with E-state index in [9.17, 15) is 0 Å². The van der Waals surface area contributed by atoms with Gasteiger partial charge in [-0.3, -0.25) is 0 Å². The second kappa shape index (κ2) is 4.77. The van der Waals surface area contributed by atoms with Crippen LogP contribution in [0.4, 0.5) is 5.69 Å². The third-order valence-corrected chi connectivity index (χ3v) is 2.95. The van der Waals surface area contributed by atoms with Crippen molar-refractivity contribution in [1.82, 2.24) is 4.98 Å². The SMILES string of the molecule is Cc1ccc(C#N)cc1NCc1cscn1. The van der Waals surface area contributed by atoms with Crippen LogP contribution in [0.25, 0.3) is 0 Å². The van der Waals surface area contributed by atoms with Crippen molar-refractivity contribution >= 4 is 17.0 Å². The molecule has 1 heterocycles. The van der Waals surface area contributed by atoms with Crippen LogP contribution in [-0.4, -0.2) is 4.98 Å². The summed E-state index contributed by atoms with van der Waals surface area (Å²) >= 11 is 1.58. The zero-order valence-corrected chi connectivity index (χ0v) is 9.71. The van der Waals surface area contributed by atoms with Gasteiger partial charge in [-0.05, 0) is 24.6 Å². The standard InChI is InChI=1S/C12H11N3S/c1-9-2-3-10(5-13)4-12(9)14-6-11-7-16-8-15-11/h2-4,7-8,14H,6H2,1H3. The quantitative estimate of drug-likeness (QED) is 0.880. The van der Waals surface area contributed by atoms with Crippen molar-refractivity contribution in [2.45, 2.75) is 13.5 Å². The van der Waals surface area contributed by atoms with E-state index in [-0.39, 0.29) is 0 Å². The van der Waals surface area contributed by atoms with Crippen LogP contribution in [0.5, 0.6) is 0 Å². The van der Waals surface area contributed by atoms with E-state index in [0.717, 1.165) is 16.9 Å². The zero-order chi connectivity index (χ0) is 11.4. The molecule has 0 amide bonds. The number of hydrogen-bond acceptors (Lipinski definition) is 4. The second-order valence-corrected chi connectivity index (χ2v) is 4.19. The lowest BCUT2D eigenvalue weighted by molar-refractivity contribution is 1.07. The first-order valence-electron chi connectivity index (χ1n) is 4.91. The molecule has 0 aliphatic carbocycles. The summed E-state index contributed by atoms with van der Waals surface area (Å²) in [6.45, 7) is 2.71. The van der Waals surface area contributed by atoms with E-state index in [1.165, 1.54) is 0 Å². The van der Waals surface area contributed by atoms with Crippen LogP contribution in [0.15, 0.2) is 29.1 Å². The molecule has 80 valence electrons. The van der Waals surface area contributed by atoms with Crippen LogP contribution in [0.3, 0.4) is 0 Å². The zero-order valence-electron chi connectivity index (χ0n) is 8.90. The predicted octanol–water partition coefficient (Wildman–Crippen LogP) is 2.94. The van der Waals surface area contributed by atoms with Crippen LogP contribution < -0.4 is 5.32 Å². The number of thiazole rings is 1. The third kappa shape index (κ3) is 2.38. The molecule has 0 saturated heterocycles. The number of hydrogen-bond donors (Lipinski definition) is 1. The first-order valence-corrected chi connectivity index (χ1v) is 5.85. The summed E-state index contributed by atoms with van der Waals surface area (Å²) < 4.78 is 0. The highest BCUT2D eigenvalue weighted by molar-refractivity contribution is 7.07. The van der Waals surface area contributed by atoms with E-state index >= 15 is 0 Å². The summed E-state index contributed by atoms with van der Waals surface area (Å²) in [6.07, 6.45) is 0. The van der Waals surface area contributed by atoms with Gasteiger partial charge in [0.05, 0.1) is 29.4 Å². The number of anilines is 1. The van der Waals surface area contributed by atoms with Crippen molar-refractivity contribution < 1.29 is 0 Å². The second-order valence-electron chi connectivity index (χ2n) is 3.47. The molecule has 0 saturated carbocycles. The lowest BCUT2D eigenvalue weighted by Gasteiger charge is -2.08. The molecule has 1 aromatic heterocycles. The Labute approximate surface area is 98.4 Å². The van der Waals surface area contributed by atoms with Gasteiger partial charge in [-0.2, -0.15) is 5.26 Å². The van der Waals surface area contributed by atoms with E-state index in [2.05, 4.69) is 16.4 Å². The van der Waals surface area contributed by atoms with E-state index in [1.807, 2.05) is 36.0 Å². The summed E-state index contributed by atoms with van der Waals surface area (Å²) in [5, 5.41) is 14.1. The molecule has 1 aromatic carbocycles. The van der Waals surface area contributed by atoms with Crippen molar-refractivity contribution in [3.05, 3.63) is 45.9 Å². The molecule has 0 bridgehead atoms. The largest absolute Gasteiger partial charge is 0.379 e. The molecule has 0 unspecified atom stereocenters. The number of aryl methyl sites for hydroxylation is 1. The molecule has 3 nitrogen and oxygen atoms in total. The van der Waals surface area contributed by atoms with Gasteiger partial charge in [0.25, 0.3) is 0 Å². The maximum absolute atomic E-state index is 8.82. The monoisotopic (exact) mass is 229 g/mol. The van der Waals surface area contributed by atoms with Gasteiger partial charge in [-0.25, -0.2) is 4.98 Å². The third-order valence-electron chi connectivity index (χ3n) is 2.31. The molecule has 0 radical (unpaired) electrons. The molecule has 0 fully saturated rings. The van der Waals surface area contributed by atoms with Gasteiger partial charge in [0, 0.05) is 11.1 Å². The summed E-state index contributed by atoms with van der Waals surface area (Å²) in [6, 6.07) is 7.77. The molecular formula is C12H11N3S. The summed E-state index contributed by atoms with van der Waals surface area (Å²) in [5.41, 5.74) is 5.63. The summed E-state index contributed by atoms with van der Waals surface area (Å²) in [4.78, 5) is 4.19. The predicted molar refractivity (Wildman–Crippen MR) is 65.3 cm³/mol. The molecule has 0 atom stereocenters. The Kier molecular flexibility index (Phi) is 3.18. The Balaban J connectivity index is 2.12. The molecule has 0 spiro atoms. The number of rotatable bonds is 3. The normalized spacial score (nSPS) is 9.75. The van der Waals surface area contributed by atoms with Crippen LogP contribution in [0, 0.1) is 18.3 Å². The highest BCUT2D eigenvalue weighted by Crippen LogP contribution is 2.17. The number of nitrogens with one attached hydrogen (secondary N) is 1. The van der Waals surface area contributed by atoms with Crippen LogP contribution >= 0.6 is 11.3 Å². The van der Waals surface area contributed by atoms with Crippen molar-refractivity contribution in [2.75, 3.05) is 5.32 Å². The Morgan fingerprint density at radius 2 is 2.38 bits per heavy atom. The maximum atomic E-state index is 8.82. The fraction of sp³-hybridized carbons (Fsp3) is 0.167. The van der Waals surface area contributed by atoms with Crippen molar-refractivity contribution in [1.29, 1.82) is 5.26 Å². The molecule has 0 aliphatic heterocycles. The lowest BCUT2D eigenvalue weighted by Crippen LogP contribution is -2.01. The molecule has 1 N–H and O–H groups in total. The fourth-order valence-electron chi connectivity index (χ4n) is 1.39. The van der Waals surface area contributed by atoms with Gasteiger partial charge < -0.3 is 5.32 Å². The van der Waals surface area contributed by atoms with Gasteiger partial charge in [-0.1, -0.05) is 6.07 Å². The minimum Gasteiger partial charge on any atom is -0.379 e. The lowest BCUT2D eigenvalue weighted by atomic mass is 10.1. The van der Waals surface area contributed by atoms with Gasteiger partial charge in [0.1, 0.15) is 0 Å². The Hall–Kier alpha value is -1.86. The summed E-state index contributed by atoms with van der Waals surface area (Å²) in [7, 11) is 0.